The Bertz CT molecular complexity index is 410. The fraction of sp³-hybridized carbons (Fsp3) is 0.417. The lowest BCUT2D eigenvalue weighted by atomic mass is 9.86. The quantitative estimate of drug-likeness (QED) is 0.804. The van der Waals surface area contributed by atoms with Crippen LogP contribution in [0.1, 0.15) is 26.3 Å². The summed E-state index contributed by atoms with van der Waals surface area (Å²) in [5.74, 6) is 0.848. The molecular weight excluding hydrogens is 190 g/mol. The lowest BCUT2D eigenvalue weighted by Crippen LogP contribution is -2.26. The Hall–Kier alpha value is -1.51. The maximum atomic E-state index is 11.7. The molecule has 1 aliphatic rings. The number of anilines is 1. The van der Waals surface area contributed by atoms with Crippen molar-refractivity contribution in [1.29, 1.82) is 0 Å². The Morgan fingerprint density at radius 1 is 1.40 bits per heavy atom. The molecule has 1 aromatic carbocycles. The van der Waals surface area contributed by atoms with Crippen molar-refractivity contribution in [3.05, 3.63) is 23.8 Å². The van der Waals surface area contributed by atoms with Gasteiger partial charge in [-0.3, -0.25) is 4.79 Å². The lowest BCUT2D eigenvalue weighted by molar-refractivity contribution is -0.119. The van der Waals surface area contributed by atoms with E-state index in [1.54, 1.807) is 0 Å². The number of hydrogen-bond donors (Lipinski definition) is 1. The maximum Gasteiger partial charge on any atom is 0.234 e. The molecular formula is C12H15NO2. The van der Waals surface area contributed by atoms with Gasteiger partial charge >= 0.3 is 0 Å². The van der Waals surface area contributed by atoms with E-state index in [2.05, 4.69) is 5.32 Å². The van der Waals surface area contributed by atoms with E-state index in [4.69, 9.17) is 4.74 Å². The summed E-state index contributed by atoms with van der Waals surface area (Å²) in [5, 5.41) is 2.87. The van der Waals surface area contributed by atoms with Crippen LogP contribution in [0.4, 0.5) is 5.69 Å². The zero-order chi connectivity index (χ0) is 11.1. The predicted octanol–water partition coefficient (Wildman–Crippen LogP) is 2.32. The van der Waals surface area contributed by atoms with Crippen LogP contribution in [-0.4, -0.2) is 12.5 Å². The minimum Gasteiger partial charge on any atom is -0.494 e. The number of carbonyl (C=O) groups excluding carboxylic acids is 1. The summed E-state index contributed by atoms with van der Waals surface area (Å²) in [4.78, 5) is 11.7. The summed E-state index contributed by atoms with van der Waals surface area (Å²) in [6, 6.07) is 5.74. The van der Waals surface area contributed by atoms with Gasteiger partial charge in [-0.15, -0.1) is 0 Å². The average Bonchev–Trinajstić information content (AvgIpc) is 2.38. The molecule has 0 bridgehead atoms. The third-order valence-electron chi connectivity index (χ3n) is 2.79. The second kappa shape index (κ2) is 3.26. The monoisotopic (exact) mass is 205 g/mol. The first-order valence-electron chi connectivity index (χ1n) is 5.14. The van der Waals surface area contributed by atoms with Gasteiger partial charge in [-0.05, 0) is 32.4 Å². The summed E-state index contributed by atoms with van der Waals surface area (Å²) in [7, 11) is 0. The molecule has 1 amide bonds. The molecule has 0 fully saturated rings. The van der Waals surface area contributed by atoms with E-state index < -0.39 is 5.41 Å². The van der Waals surface area contributed by atoms with E-state index in [0.717, 1.165) is 17.0 Å². The van der Waals surface area contributed by atoms with Crippen LogP contribution >= 0.6 is 0 Å². The number of benzene rings is 1. The standard InChI is InChI=1S/C12H15NO2/c1-4-15-8-5-6-9-10(7-8)13-11(14)12(9,2)3/h5-7H,4H2,1-3H3,(H,13,14). The van der Waals surface area contributed by atoms with E-state index in [9.17, 15) is 4.79 Å². The van der Waals surface area contributed by atoms with E-state index in [1.807, 2.05) is 39.0 Å². The van der Waals surface area contributed by atoms with Gasteiger partial charge in [0.05, 0.1) is 12.0 Å². The van der Waals surface area contributed by atoms with E-state index >= 15 is 0 Å². The Kier molecular flexibility index (Phi) is 2.18. The SMILES string of the molecule is CCOc1ccc2c(c1)NC(=O)C2(C)C. The van der Waals surface area contributed by atoms with Gasteiger partial charge in [0.2, 0.25) is 5.91 Å². The summed E-state index contributed by atoms with van der Waals surface area (Å²) in [6.07, 6.45) is 0. The molecule has 3 nitrogen and oxygen atoms in total. The Morgan fingerprint density at radius 2 is 2.13 bits per heavy atom. The molecule has 1 aliphatic heterocycles. The largest absolute Gasteiger partial charge is 0.494 e. The van der Waals surface area contributed by atoms with Gasteiger partial charge in [-0.25, -0.2) is 0 Å². The smallest absolute Gasteiger partial charge is 0.234 e. The van der Waals surface area contributed by atoms with Crippen LogP contribution in [0.25, 0.3) is 0 Å². The number of fused-ring (bicyclic) bond motifs is 1. The highest BCUT2D eigenvalue weighted by molar-refractivity contribution is 6.05. The van der Waals surface area contributed by atoms with Crippen molar-refractivity contribution in [3.63, 3.8) is 0 Å². The number of ether oxygens (including phenoxy) is 1. The first-order chi connectivity index (χ1) is 7.05. The number of carbonyl (C=O) groups is 1. The first kappa shape index (κ1) is 10.0. The van der Waals surface area contributed by atoms with Gasteiger partial charge < -0.3 is 10.1 Å². The van der Waals surface area contributed by atoms with Gasteiger partial charge in [0, 0.05) is 11.8 Å². The fourth-order valence-electron chi connectivity index (χ4n) is 1.83. The molecule has 3 heteroatoms. The van der Waals surface area contributed by atoms with Crippen LogP contribution in [0, 0.1) is 0 Å². The molecule has 0 unspecified atom stereocenters. The van der Waals surface area contributed by atoms with Crippen LogP contribution in [0.5, 0.6) is 5.75 Å². The minimum absolute atomic E-state index is 0.0474. The lowest BCUT2D eigenvalue weighted by Gasteiger charge is -2.14. The third-order valence-corrected chi connectivity index (χ3v) is 2.79. The summed E-state index contributed by atoms with van der Waals surface area (Å²) >= 11 is 0. The van der Waals surface area contributed by atoms with Crippen LogP contribution in [0.2, 0.25) is 0 Å². The molecule has 0 saturated carbocycles. The van der Waals surface area contributed by atoms with Crippen molar-refractivity contribution in [2.45, 2.75) is 26.2 Å². The maximum absolute atomic E-state index is 11.7. The minimum atomic E-state index is -0.430. The zero-order valence-corrected chi connectivity index (χ0v) is 9.26. The predicted molar refractivity (Wildman–Crippen MR) is 59.3 cm³/mol. The molecule has 1 heterocycles. The van der Waals surface area contributed by atoms with Gasteiger partial charge in [-0.2, -0.15) is 0 Å². The topological polar surface area (TPSA) is 38.3 Å². The highest BCUT2D eigenvalue weighted by Gasteiger charge is 2.38. The number of nitrogens with one attached hydrogen (secondary N) is 1. The first-order valence-corrected chi connectivity index (χ1v) is 5.14. The molecule has 15 heavy (non-hydrogen) atoms. The van der Waals surface area contributed by atoms with Gasteiger partial charge in [0.1, 0.15) is 5.75 Å². The van der Waals surface area contributed by atoms with E-state index in [-0.39, 0.29) is 5.91 Å². The summed E-state index contributed by atoms with van der Waals surface area (Å²) in [6.45, 7) is 6.43. The molecule has 0 saturated heterocycles. The molecule has 0 aromatic heterocycles. The second-order valence-corrected chi connectivity index (χ2v) is 4.22. The van der Waals surface area contributed by atoms with Crippen molar-refractivity contribution in [3.8, 4) is 5.75 Å². The third kappa shape index (κ3) is 1.48. The van der Waals surface area contributed by atoms with Crippen LogP contribution < -0.4 is 10.1 Å². The zero-order valence-electron chi connectivity index (χ0n) is 9.26. The number of hydrogen-bond acceptors (Lipinski definition) is 2. The molecule has 0 aliphatic carbocycles. The van der Waals surface area contributed by atoms with E-state index in [0.29, 0.717) is 6.61 Å². The summed E-state index contributed by atoms with van der Waals surface area (Å²) in [5.41, 5.74) is 1.48. The van der Waals surface area contributed by atoms with Gasteiger partial charge in [-0.1, -0.05) is 6.07 Å². The fourth-order valence-corrected chi connectivity index (χ4v) is 1.83. The van der Waals surface area contributed by atoms with Crippen LogP contribution in [-0.2, 0) is 10.2 Å². The van der Waals surface area contributed by atoms with Gasteiger partial charge in [0.15, 0.2) is 0 Å². The number of amides is 1. The second-order valence-electron chi connectivity index (χ2n) is 4.22. The molecule has 0 radical (unpaired) electrons. The molecule has 2 rings (SSSR count). The van der Waals surface area contributed by atoms with Crippen molar-refractivity contribution in [1.82, 2.24) is 0 Å². The Balaban J connectivity index is 2.42. The molecule has 0 spiro atoms. The van der Waals surface area contributed by atoms with Crippen molar-refractivity contribution >= 4 is 11.6 Å². The van der Waals surface area contributed by atoms with Crippen molar-refractivity contribution in [2.24, 2.45) is 0 Å². The molecule has 1 N–H and O–H groups in total. The average molecular weight is 205 g/mol. The molecule has 0 atom stereocenters. The highest BCUT2D eigenvalue weighted by Crippen LogP contribution is 2.38. The molecule has 80 valence electrons. The van der Waals surface area contributed by atoms with Crippen molar-refractivity contribution < 1.29 is 9.53 Å². The van der Waals surface area contributed by atoms with Gasteiger partial charge in [0.25, 0.3) is 0 Å². The Labute approximate surface area is 89.4 Å². The summed E-state index contributed by atoms with van der Waals surface area (Å²) < 4.78 is 5.38. The molecule has 1 aromatic rings. The van der Waals surface area contributed by atoms with Crippen LogP contribution in [0.3, 0.4) is 0 Å². The van der Waals surface area contributed by atoms with Crippen LogP contribution in [0.15, 0.2) is 18.2 Å². The normalized spacial score (nSPS) is 17.1. The Morgan fingerprint density at radius 3 is 2.80 bits per heavy atom. The van der Waals surface area contributed by atoms with Crippen molar-refractivity contribution in [2.75, 3.05) is 11.9 Å². The highest BCUT2D eigenvalue weighted by atomic mass is 16.5. The number of rotatable bonds is 2. The van der Waals surface area contributed by atoms with E-state index in [1.165, 1.54) is 0 Å².